The highest BCUT2D eigenvalue weighted by Gasteiger charge is 2.49. The summed E-state index contributed by atoms with van der Waals surface area (Å²) in [6.45, 7) is 1.92. The zero-order chi connectivity index (χ0) is 24.5. The highest BCUT2D eigenvalue weighted by atomic mass is 16.6. The first kappa shape index (κ1) is 23.0. The molecule has 1 fully saturated rings. The number of imide groups is 1. The van der Waals surface area contributed by atoms with Gasteiger partial charge in [-0.15, -0.1) is 0 Å². The molecule has 11 nitrogen and oxygen atoms in total. The first-order valence-corrected chi connectivity index (χ1v) is 10.4. The minimum Gasteiger partial charge on any atom is -0.493 e. The van der Waals surface area contributed by atoms with Crippen molar-refractivity contribution in [2.24, 2.45) is 0 Å². The second kappa shape index (κ2) is 9.00. The molecule has 34 heavy (non-hydrogen) atoms. The minimum atomic E-state index is -1.36. The van der Waals surface area contributed by atoms with Crippen molar-refractivity contribution < 1.29 is 38.1 Å². The summed E-state index contributed by atoms with van der Waals surface area (Å²) >= 11 is 0. The van der Waals surface area contributed by atoms with Gasteiger partial charge in [0.15, 0.2) is 23.0 Å². The fourth-order valence-corrected chi connectivity index (χ4v) is 3.89. The van der Waals surface area contributed by atoms with Gasteiger partial charge < -0.3 is 34.3 Å². The van der Waals surface area contributed by atoms with E-state index in [4.69, 9.17) is 23.7 Å². The van der Waals surface area contributed by atoms with Crippen molar-refractivity contribution in [3.63, 3.8) is 0 Å². The second-order valence-corrected chi connectivity index (χ2v) is 7.77. The largest absolute Gasteiger partial charge is 0.493 e. The normalized spacial score (nSPS) is 18.9. The van der Waals surface area contributed by atoms with Gasteiger partial charge in [0.05, 0.1) is 21.3 Å². The molecule has 2 heterocycles. The van der Waals surface area contributed by atoms with Gasteiger partial charge in [-0.25, -0.2) is 4.79 Å². The summed E-state index contributed by atoms with van der Waals surface area (Å²) < 4.78 is 26.9. The number of benzene rings is 2. The summed E-state index contributed by atoms with van der Waals surface area (Å²) in [5.74, 6) is 0.977. The Kier molecular flexibility index (Phi) is 6.10. The molecule has 2 aliphatic rings. The maximum atomic E-state index is 13.2. The maximum Gasteiger partial charge on any atom is 0.325 e. The van der Waals surface area contributed by atoms with Crippen LogP contribution < -0.4 is 34.3 Å². The molecule has 0 spiro atoms. The number of carbonyl (C=O) groups is 3. The molecule has 11 heteroatoms. The monoisotopic (exact) mass is 471 g/mol. The number of nitrogens with one attached hydrogen (secondary N) is 2. The van der Waals surface area contributed by atoms with E-state index in [1.807, 2.05) is 0 Å². The second-order valence-electron chi connectivity index (χ2n) is 7.77. The number of rotatable bonds is 7. The Morgan fingerprint density at radius 1 is 1.03 bits per heavy atom. The summed E-state index contributed by atoms with van der Waals surface area (Å²) in [7, 11) is 4.37. The predicted molar refractivity (Wildman–Crippen MR) is 120 cm³/mol. The molecule has 0 aromatic heterocycles. The average molecular weight is 471 g/mol. The Morgan fingerprint density at radius 2 is 1.68 bits per heavy atom. The SMILES string of the molecule is COc1cc(NC(=O)CN2C(=O)NC(C)(c3ccc4c(c3)OCCO4)C2=O)cc(OC)c1OC. The summed E-state index contributed by atoms with van der Waals surface area (Å²) in [6.07, 6.45) is 0. The molecule has 2 aromatic carbocycles. The summed E-state index contributed by atoms with van der Waals surface area (Å²) in [5, 5.41) is 5.33. The number of hydrogen-bond donors (Lipinski definition) is 2. The van der Waals surface area contributed by atoms with E-state index in [1.54, 1.807) is 37.3 Å². The van der Waals surface area contributed by atoms with Crippen molar-refractivity contribution in [1.29, 1.82) is 0 Å². The van der Waals surface area contributed by atoms with Gasteiger partial charge in [0.1, 0.15) is 25.3 Å². The minimum absolute atomic E-state index is 0.346. The summed E-state index contributed by atoms with van der Waals surface area (Å²) in [5.41, 5.74) is -0.497. The summed E-state index contributed by atoms with van der Waals surface area (Å²) in [4.78, 5) is 39.4. The lowest BCUT2D eigenvalue weighted by Crippen LogP contribution is -2.42. The molecule has 0 saturated carbocycles. The van der Waals surface area contributed by atoms with E-state index < -0.39 is 29.9 Å². The zero-order valence-electron chi connectivity index (χ0n) is 19.2. The van der Waals surface area contributed by atoms with Crippen LogP contribution in [-0.2, 0) is 15.1 Å². The van der Waals surface area contributed by atoms with E-state index in [2.05, 4.69) is 10.6 Å². The van der Waals surface area contributed by atoms with Crippen LogP contribution in [0.25, 0.3) is 0 Å². The number of ether oxygens (including phenoxy) is 5. The number of hydrogen-bond acceptors (Lipinski definition) is 8. The van der Waals surface area contributed by atoms with Crippen LogP contribution >= 0.6 is 0 Å². The molecule has 1 unspecified atom stereocenters. The van der Waals surface area contributed by atoms with Crippen LogP contribution in [0.2, 0.25) is 0 Å². The van der Waals surface area contributed by atoms with Gasteiger partial charge in [0.2, 0.25) is 11.7 Å². The van der Waals surface area contributed by atoms with Gasteiger partial charge in [0.25, 0.3) is 5.91 Å². The van der Waals surface area contributed by atoms with Crippen molar-refractivity contribution in [3.05, 3.63) is 35.9 Å². The predicted octanol–water partition coefficient (Wildman–Crippen LogP) is 1.89. The van der Waals surface area contributed by atoms with Crippen LogP contribution in [0.15, 0.2) is 30.3 Å². The van der Waals surface area contributed by atoms with Crippen LogP contribution in [0.1, 0.15) is 12.5 Å². The van der Waals surface area contributed by atoms with Gasteiger partial charge in [-0.3, -0.25) is 14.5 Å². The smallest absolute Gasteiger partial charge is 0.325 e. The molecule has 0 bridgehead atoms. The van der Waals surface area contributed by atoms with Crippen LogP contribution in [0.3, 0.4) is 0 Å². The quantitative estimate of drug-likeness (QED) is 0.587. The molecule has 180 valence electrons. The van der Waals surface area contributed by atoms with Crippen molar-refractivity contribution in [2.45, 2.75) is 12.5 Å². The number of anilines is 1. The topological polar surface area (TPSA) is 125 Å². The van der Waals surface area contributed by atoms with E-state index in [0.717, 1.165) is 4.90 Å². The number of amides is 4. The lowest BCUT2D eigenvalue weighted by atomic mass is 9.91. The van der Waals surface area contributed by atoms with Gasteiger partial charge in [-0.05, 0) is 24.6 Å². The summed E-state index contributed by atoms with van der Waals surface area (Å²) in [6, 6.07) is 7.45. The molecule has 2 N–H and O–H groups in total. The zero-order valence-corrected chi connectivity index (χ0v) is 19.2. The molecule has 2 aliphatic heterocycles. The van der Waals surface area contributed by atoms with Gasteiger partial charge in [-0.1, -0.05) is 6.07 Å². The van der Waals surface area contributed by atoms with E-state index in [-0.39, 0.29) is 0 Å². The number of urea groups is 1. The first-order chi connectivity index (χ1) is 16.3. The molecule has 1 saturated heterocycles. The molecular weight excluding hydrogens is 446 g/mol. The molecule has 1 atom stereocenters. The fraction of sp³-hybridized carbons (Fsp3) is 0.348. The standard InChI is InChI=1S/C23H25N3O8/c1-23(13-5-6-15-16(9-13)34-8-7-33-15)21(28)26(22(29)25-23)12-19(27)24-14-10-17(30-2)20(32-4)18(11-14)31-3/h5-6,9-11H,7-8,12H2,1-4H3,(H,24,27)(H,25,29). The third kappa shape index (κ3) is 4.00. The Balaban J connectivity index is 1.51. The Morgan fingerprint density at radius 3 is 2.29 bits per heavy atom. The Hall–Kier alpha value is -4.15. The first-order valence-electron chi connectivity index (χ1n) is 10.4. The third-order valence-corrected chi connectivity index (χ3v) is 5.64. The van der Waals surface area contributed by atoms with E-state index >= 15 is 0 Å². The molecule has 0 aliphatic carbocycles. The number of nitrogens with zero attached hydrogens (tertiary/aromatic N) is 1. The number of methoxy groups -OCH3 is 3. The van der Waals surface area contributed by atoms with Crippen molar-refractivity contribution in [1.82, 2.24) is 10.2 Å². The Labute approximate surface area is 195 Å². The van der Waals surface area contributed by atoms with Crippen LogP contribution in [0, 0.1) is 0 Å². The number of fused-ring (bicyclic) bond motifs is 1. The lowest BCUT2D eigenvalue weighted by Gasteiger charge is -2.25. The lowest BCUT2D eigenvalue weighted by molar-refractivity contribution is -0.133. The van der Waals surface area contributed by atoms with E-state index in [0.29, 0.717) is 53.2 Å². The van der Waals surface area contributed by atoms with Crippen molar-refractivity contribution in [2.75, 3.05) is 46.4 Å². The molecule has 4 rings (SSSR count). The highest BCUT2D eigenvalue weighted by Crippen LogP contribution is 2.40. The molecule has 2 aromatic rings. The van der Waals surface area contributed by atoms with Gasteiger partial charge >= 0.3 is 6.03 Å². The van der Waals surface area contributed by atoms with Crippen molar-refractivity contribution >= 4 is 23.5 Å². The maximum absolute atomic E-state index is 13.2. The van der Waals surface area contributed by atoms with Gasteiger partial charge in [-0.2, -0.15) is 0 Å². The number of carbonyl (C=O) groups excluding carboxylic acids is 3. The van der Waals surface area contributed by atoms with E-state index in [9.17, 15) is 14.4 Å². The Bertz CT molecular complexity index is 1130. The van der Waals surface area contributed by atoms with Crippen LogP contribution in [0.4, 0.5) is 10.5 Å². The highest BCUT2D eigenvalue weighted by molar-refractivity contribution is 6.10. The third-order valence-electron chi connectivity index (χ3n) is 5.64. The molecule has 4 amide bonds. The van der Waals surface area contributed by atoms with E-state index in [1.165, 1.54) is 21.3 Å². The van der Waals surface area contributed by atoms with Gasteiger partial charge in [0, 0.05) is 17.8 Å². The fourth-order valence-electron chi connectivity index (χ4n) is 3.89. The van der Waals surface area contributed by atoms with Crippen LogP contribution in [-0.4, -0.2) is 63.8 Å². The van der Waals surface area contributed by atoms with Crippen molar-refractivity contribution in [3.8, 4) is 28.7 Å². The average Bonchev–Trinajstić information content (AvgIpc) is 3.06. The molecular formula is C23H25N3O8. The molecule has 0 radical (unpaired) electrons. The van der Waals surface area contributed by atoms with Crippen LogP contribution in [0.5, 0.6) is 28.7 Å².